The summed E-state index contributed by atoms with van der Waals surface area (Å²) in [5.41, 5.74) is 3.21. The quantitative estimate of drug-likeness (QED) is 0.939. The van der Waals surface area contributed by atoms with Gasteiger partial charge in [-0.1, -0.05) is 38.1 Å². The monoisotopic (exact) mass is 297 g/mol. The molecule has 1 aromatic heterocycles. The van der Waals surface area contributed by atoms with Crippen LogP contribution >= 0.6 is 0 Å². The van der Waals surface area contributed by atoms with E-state index in [-0.39, 0.29) is 5.82 Å². The van der Waals surface area contributed by atoms with Crippen molar-refractivity contribution in [1.82, 2.24) is 9.97 Å². The Hall–Kier alpha value is -2.43. The number of carboxylic acids is 1. The van der Waals surface area contributed by atoms with Crippen molar-refractivity contribution in [3.8, 4) is 11.1 Å². The molecule has 1 saturated heterocycles. The molecule has 1 aliphatic heterocycles. The fraction of sp³-hybridized carbons (Fsp3) is 0.353. The summed E-state index contributed by atoms with van der Waals surface area (Å²) in [5, 5.41) is 9.14. The number of aromatic carboxylic acids is 1. The summed E-state index contributed by atoms with van der Waals surface area (Å²) in [5.74, 6) is -0.135. The first kappa shape index (κ1) is 14.5. The summed E-state index contributed by atoms with van der Waals surface area (Å²) in [7, 11) is 0. The van der Waals surface area contributed by atoms with Crippen LogP contribution in [0.4, 0.5) is 5.82 Å². The highest BCUT2D eigenvalue weighted by molar-refractivity contribution is 5.86. The van der Waals surface area contributed by atoms with Crippen LogP contribution in [0.15, 0.2) is 30.5 Å². The summed E-state index contributed by atoms with van der Waals surface area (Å²) in [6.45, 7) is 6.11. The van der Waals surface area contributed by atoms with Gasteiger partial charge in [0.15, 0.2) is 0 Å². The van der Waals surface area contributed by atoms with Crippen molar-refractivity contribution in [2.45, 2.75) is 26.2 Å². The molecule has 3 rings (SSSR count). The summed E-state index contributed by atoms with van der Waals surface area (Å²) in [6.07, 6.45) is 2.75. The van der Waals surface area contributed by atoms with E-state index in [1.54, 1.807) is 6.20 Å². The van der Waals surface area contributed by atoms with Crippen LogP contribution in [0, 0.1) is 0 Å². The predicted octanol–water partition coefficient (Wildman–Crippen LogP) is 3.18. The number of benzene rings is 1. The number of hydrogen-bond acceptors (Lipinski definition) is 4. The smallest absolute Gasteiger partial charge is 0.374 e. The number of hydrogen-bond donors (Lipinski definition) is 1. The third-order valence-corrected chi connectivity index (χ3v) is 3.99. The zero-order valence-corrected chi connectivity index (χ0v) is 12.8. The minimum Gasteiger partial charge on any atom is -0.475 e. The van der Waals surface area contributed by atoms with Gasteiger partial charge in [-0.3, -0.25) is 0 Å². The van der Waals surface area contributed by atoms with Crippen LogP contribution in [-0.4, -0.2) is 34.1 Å². The Morgan fingerprint density at radius 2 is 1.95 bits per heavy atom. The van der Waals surface area contributed by atoms with Gasteiger partial charge in [-0.2, -0.15) is 0 Å². The largest absolute Gasteiger partial charge is 0.475 e. The first-order valence-corrected chi connectivity index (χ1v) is 7.52. The SMILES string of the molecule is CC(C)c1ccccc1-c1cnc(C(=O)O)nc1N1CCC1. The maximum absolute atomic E-state index is 11.2. The second-order valence-corrected chi connectivity index (χ2v) is 5.82. The molecule has 5 heteroatoms. The first-order chi connectivity index (χ1) is 10.6. The van der Waals surface area contributed by atoms with E-state index in [0.717, 1.165) is 36.5 Å². The lowest BCUT2D eigenvalue weighted by Gasteiger charge is -2.33. The van der Waals surface area contributed by atoms with E-state index >= 15 is 0 Å². The molecule has 0 unspecified atom stereocenters. The number of nitrogens with zero attached hydrogens (tertiary/aromatic N) is 3. The van der Waals surface area contributed by atoms with E-state index in [0.29, 0.717) is 5.92 Å². The molecule has 114 valence electrons. The zero-order chi connectivity index (χ0) is 15.7. The molecule has 1 aromatic carbocycles. The van der Waals surface area contributed by atoms with E-state index in [2.05, 4.69) is 40.8 Å². The molecular weight excluding hydrogens is 278 g/mol. The molecule has 1 aliphatic rings. The van der Waals surface area contributed by atoms with Gasteiger partial charge in [0.05, 0.1) is 0 Å². The van der Waals surface area contributed by atoms with Crippen molar-refractivity contribution >= 4 is 11.8 Å². The second-order valence-electron chi connectivity index (χ2n) is 5.82. The van der Waals surface area contributed by atoms with E-state index in [1.165, 1.54) is 5.56 Å². The van der Waals surface area contributed by atoms with Crippen LogP contribution in [0.1, 0.15) is 42.4 Å². The maximum Gasteiger partial charge on any atom is 0.374 e. The fourth-order valence-electron chi connectivity index (χ4n) is 2.68. The molecule has 0 saturated carbocycles. The van der Waals surface area contributed by atoms with Crippen LogP contribution in [0.5, 0.6) is 0 Å². The summed E-state index contributed by atoms with van der Waals surface area (Å²) in [4.78, 5) is 21.6. The normalized spacial score (nSPS) is 14.0. The van der Waals surface area contributed by atoms with Crippen molar-refractivity contribution in [2.75, 3.05) is 18.0 Å². The molecule has 2 aromatic rings. The number of rotatable bonds is 4. The van der Waals surface area contributed by atoms with Gasteiger partial charge in [0.1, 0.15) is 5.82 Å². The van der Waals surface area contributed by atoms with Crippen molar-refractivity contribution < 1.29 is 9.90 Å². The fourth-order valence-corrected chi connectivity index (χ4v) is 2.68. The lowest BCUT2D eigenvalue weighted by molar-refractivity contribution is 0.0683. The van der Waals surface area contributed by atoms with Crippen molar-refractivity contribution in [2.24, 2.45) is 0 Å². The molecule has 0 radical (unpaired) electrons. The Morgan fingerprint density at radius 1 is 1.23 bits per heavy atom. The zero-order valence-electron chi connectivity index (χ0n) is 12.8. The Kier molecular flexibility index (Phi) is 3.79. The van der Waals surface area contributed by atoms with Crippen LogP contribution < -0.4 is 4.90 Å². The predicted molar refractivity (Wildman–Crippen MR) is 85.3 cm³/mol. The summed E-state index contributed by atoms with van der Waals surface area (Å²) in [6, 6.07) is 8.17. The molecule has 0 bridgehead atoms. The van der Waals surface area contributed by atoms with E-state index in [1.807, 2.05) is 12.1 Å². The van der Waals surface area contributed by atoms with E-state index in [9.17, 15) is 4.79 Å². The standard InChI is InChI=1S/C17H19N3O2/c1-11(2)12-6-3-4-7-13(12)14-10-18-15(17(21)22)19-16(14)20-8-5-9-20/h3-4,6-7,10-11H,5,8-9H2,1-2H3,(H,21,22). The summed E-state index contributed by atoms with van der Waals surface area (Å²) >= 11 is 0. The van der Waals surface area contributed by atoms with E-state index in [4.69, 9.17) is 5.11 Å². The highest BCUT2D eigenvalue weighted by atomic mass is 16.4. The lowest BCUT2D eigenvalue weighted by atomic mass is 9.93. The Bertz CT molecular complexity index is 709. The Morgan fingerprint density at radius 3 is 2.55 bits per heavy atom. The minimum atomic E-state index is -1.09. The lowest BCUT2D eigenvalue weighted by Crippen LogP contribution is -2.38. The van der Waals surface area contributed by atoms with E-state index < -0.39 is 5.97 Å². The molecule has 0 aliphatic carbocycles. The molecule has 0 atom stereocenters. The highest BCUT2D eigenvalue weighted by Crippen LogP contribution is 2.35. The maximum atomic E-state index is 11.2. The molecular formula is C17H19N3O2. The number of carboxylic acid groups (broad SMARTS) is 1. The van der Waals surface area contributed by atoms with Gasteiger partial charge >= 0.3 is 5.97 Å². The molecule has 2 heterocycles. The molecule has 1 N–H and O–H groups in total. The van der Waals surface area contributed by atoms with Gasteiger partial charge < -0.3 is 10.0 Å². The van der Waals surface area contributed by atoms with Crippen LogP contribution in [-0.2, 0) is 0 Å². The minimum absolute atomic E-state index is 0.146. The van der Waals surface area contributed by atoms with Gasteiger partial charge in [-0.25, -0.2) is 14.8 Å². The molecule has 0 spiro atoms. The van der Waals surface area contributed by atoms with Gasteiger partial charge in [0.25, 0.3) is 0 Å². The Labute approximate surface area is 129 Å². The second kappa shape index (κ2) is 5.75. The third kappa shape index (κ3) is 2.54. The molecule has 0 amide bonds. The molecule has 22 heavy (non-hydrogen) atoms. The third-order valence-electron chi connectivity index (χ3n) is 3.99. The summed E-state index contributed by atoms with van der Waals surface area (Å²) < 4.78 is 0. The molecule has 5 nitrogen and oxygen atoms in total. The van der Waals surface area contributed by atoms with Crippen molar-refractivity contribution in [3.05, 3.63) is 41.9 Å². The average Bonchev–Trinajstić information content (AvgIpc) is 2.45. The van der Waals surface area contributed by atoms with Crippen molar-refractivity contribution in [1.29, 1.82) is 0 Å². The van der Waals surface area contributed by atoms with Crippen LogP contribution in [0.25, 0.3) is 11.1 Å². The van der Waals surface area contributed by atoms with Gasteiger partial charge in [-0.05, 0) is 23.5 Å². The average molecular weight is 297 g/mol. The number of aromatic nitrogens is 2. The van der Waals surface area contributed by atoms with Gasteiger partial charge in [0, 0.05) is 24.8 Å². The first-order valence-electron chi connectivity index (χ1n) is 7.52. The van der Waals surface area contributed by atoms with Gasteiger partial charge in [0.2, 0.25) is 5.82 Å². The number of anilines is 1. The Balaban J connectivity index is 2.16. The van der Waals surface area contributed by atoms with Crippen molar-refractivity contribution in [3.63, 3.8) is 0 Å². The van der Waals surface area contributed by atoms with Crippen LogP contribution in [0.2, 0.25) is 0 Å². The topological polar surface area (TPSA) is 66.3 Å². The molecule has 1 fully saturated rings. The van der Waals surface area contributed by atoms with Gasteiger partial charge in [-0.15, -0.1) is 0 Å². The van der Waals surface area contributed by atoms with Crippen LogP contribution in [0.3, 0.4) is 0 Å². The highest BCUT2D eigenvalue weighted by Gasteiger charge is 2.23. The number of carbonyl (C=O) groups is 1.